The Kier molecular flexibility index (Phi) is 4.32. The average molecular weight is 260 g/mol. The van der Waals surface area contributed by atoms with Gasteiger partial charge in [0, 0.05) is 18.6 Å². The zero-order valence-corrected chi connectivity index (χ0v) is 12.8. The van der Waals surface area contributed by atoms with E-state index in [9.17, 15) is 0 Å². The van der Waals surface area contributed by atoms with E-state index >= 15 is 0 Å². The zero-order valence-electron chi connectivity index (χ0n) is 12.8. The summed E-state index contributed by atoms with van der Waals surface area (Å²) in [6, 6.07) is 9.32. The number of rotatable bonds is 4. The third-order valence-electron chi connectivity index (χ3n) is 4.58. The third-order valence-corrected chi connectivity index (χ3v) is 4.58. The second kappa shape index (κ2) is 5.64. The van der Waals surface area contributed by atoms with Crippen molar-refractivity contribution in [3.05, 3.63) is 35.4 Å². The molecule has 2 rings (SSSR count). The van der Waals surface area contributed by atoms with Gasteiger partial charge >= 0.3 is 0 Å². The molecule has 0 radical (unpaired) electrons. The molecule has 2 atom stereocenters. The molecule has 1 saturated heterocycles. The van der Waals surface area contributed by atoms with E-state index in [0.29, 0.717) is 11.5 Å². The normalized spacial score (nSPS) is 22.4. The van der Waals surface area contributed by atoms with Gasteiger partial charge in [-0.2, -0.15) is 0 Å². The molecule has 2 N–H and O–H groups in total. The van der Waals surface area contributed by atoms with Gasteiger partial charge in [-0.15, -0.1) is 0 Å². The lowest BCUT2D eigenvalue weighted by Gasteiger charge is -2.31. The fraction of sp³-hybridized carbons (Fsp3) is 0.647. The van der Waals surface area contributed by atoms with Gasteiger partial charge in [0.05, 0.1) is 0 Å². The van der Waals surface area contributed by atoms with Gasteiger partial charge in [0.1, 0.15) is 0 Å². The minimum atomic E-state index is 0.111. The van der Waals surface area contributed by atoms with Crippen molar-refractivity contribution in [2.45, 2.75) is 52.6 Å². The highest BCUT2D eigenvalue weighted by Crippen LogP contribution is 2.32. The Bertz CT molecular complexity index is 408. The predicted octanol–water partition coefficient (Wildman–Crippen LogP) is 3.37. The Labute approximate surface area is 118 Å². The molecule has 106 valence electrons. The molecule has 1 heterocycles. The number of hydrogen-bond acceptors (Lipinski definition) is 2. The lowest BCUT2D eigenvalue weighted by Crippen LogP contribution is -2.40. The van der Waals surface area contributed by atoms with Gasteiger partial charge in [0.2, 0.25) is 0 Å². The molecule has 2 unspecified atom stereocenters. The van der Waals surface area contributed by atoms with Crippen molar-refractivity contribution in [2.75, 3.05) is 13.1 Å². The van der Waals surface area contributed by atoms with Crippen LogP contribution in [0.5, 0.6) is 0 Å². The van der Waals surface area contributed by atoms with E-state index in [4.69, 9.17) is 5.73 Å². The fourth-order valence-corrected chi connectivity index (χ4v) is 2.98. The maximum atomic E-state index is 6.46. The Morgan fingerprint density at radius 3 is 2.37 bits per heavy atom. The molecular weight excluding hydrogens is 232 g/mol. The summed E-state index contributed by atoms with van der Waals surface area (Å²) < 4.78 is 0. The molecule has 1 aromatic rings. The maximum Gasteiger partial charge on any atom is 0.0450 e. The molecule has 19 heavy (non-hydrogen) atoms. The molecule has 1 aromatic carbocycles. The molecule has 1 aliphatic rings. The first kappa shape index (κ1) is 14.5. The van der Waals surface area contributed by atoms with E-state index in [0.717, 1.165) is 13.0 Å². The Morgan fingerprint density at radius 1 is 1.26 bits per heavy atom. The average Bonchev–Trinajstić information content (AvgIpc) is 2.77. The SMILES string of the molecule is CCc1ccc(C(N)C(C)N2CCC(C)(C)C2)cc1. The first-order chi connectivity index (χ1) is 8.93. The lowest BCUT2D eigenvalue weighted by molar-refractivity contribution is 0.204. The molecule has 0 amide bonds. The second-order valence-electron chi connectivity index (χ2n) is 6.75. The summed E-state index contributed by atoms with van der Waals surface area (Å²) in [7, 11) is 0. The molecule has 0 spiro atoms. The Balaban J connectivity index is 2.04. The van der Waals surface area contributed by atoms with Crippen LogP contribution in [0.1, 0.15) is 51.3 Å². The summed E-state index contributed by atoms with van der Waals surface area (Å²) >= 11 is 0. The highest BCUT2D eigenvalue weighted by molar-refractivity contribution is 5.25. The number of aryl methyl sites for hydroxylation is 1. The van der Waals surface area contributed by atoms with E-state index in [1.54, 1.807) is 0 Å². The molecule has 1 aliphatic heterocycles. The highest BCUT2D eigenvalue weighted by Gasteiger charge is 2.33. The molecule has 1 fully saturated rings. The van der Waals surface area contributed by atoms with Crippen LogP contribution in [-0.4, -0.2) is 24.0 Å². The highest BCUT2D eigenvalue weighted by atomic mass is 15.2. The van der Waals surface area contributed by atoms with Crippen LogP contribution in [-0.2, 0) is 6.42 Å². The predicted molar refractivity (Wildman–Crippen MR) is 82.2 cm³/mol. The van der Waals surface area contributed by atoms with Crippen LogP contribution in [0.4, 0.5) is 0 Å². The quantitative estimate of drug-likeness (QED) is 0.899. The fourth-order valence-electron chi connectivity index (χ4n) is 2.98. The first-order valence-electron chi connectivity index (χ1n) is 7.51. The number of likely N-dealkylation sites (tertiary alicyclic amines) is 1. The number of nitrogens with two attached hydrogens (primary N) is 1. The van der Waals surface area contributed by atoms with Crippen LogP contribution in [0.25, 0.3) is 0 Å². The topological polar surface area (TPSA) is 29.3 Å². The molecule has 2 nitrogen and oxygen atoms in total. The Hall–Kier alpha value is -0.860. The van der Waals surface area contributed by atoms with Gasteiger partial charge in [-0.05, 0) is 42.9 Å². The van der Waals surface area contributed by atoms with Crippen molar-refractivity contribution >= 4 is 0 Å². The van der Waals surface area contributed by atoms with Gasteiger partial charge in [-0.3, -0.25) is 4.90 Å². The first-order valence-corrected chi connectivity index (χ1v) is 7.51. The van der Waals surface area contributed by atoms with E-state index in [-0.39, 0.29) is 6.04 Å². The van der Waals surface area contributed by atoms with Crippen LogP contribution >= 0.6 is 0 Å². The maximum absolute atomic E-state index is 6.46. The largest absolute Gasteiger partial charge is 0.323 e. The summed E-state index contributed by atoms with van der Waals surface area (Å²) in [4.78, 5) is 2.54. The van der Waals surface area contributed by atoms with Crippen LogP contribution in [0.15, 0.2) is 24.3 Å². The third kappa shape index (κ3) is 3.37. The summed E-state index contributed by atoms with van der Waals surface area (Å²) in [5, 5.41) is 0. The van der Waals surface area contributed by atoms with Crippen molar-refractivity contribution in [2.24, 2.45) is 11.1 Å². The molecule has 2 heteroatoms. The van der Waals surface area contributed by atoms with Crippen LogP contribution < -0.4 is 5.73 Å². The van der Waals surface area contributed by atoms with E-state index < -0.39 is 0 Å². The van der Waals surface area contributed by atoms with Crippen LogP contribution in [0.3, 0.4) is 0 Å². The van der Waals surface area contributed by atoms with Gasteiger partial charge in [-0.1, -0.05) is 45.0 Å². The standard InChI is InChI=1S/C17H28N2/c1-5-14-6-8-15(9-7-14)16(18)13(2)19-11-10-17(3,4)12-19/h6-9,13,16H,5,10-12,18H2,1-4H3. The molecule has 0 aliphatic carbocycles. The Morgan fingerprint density at radius 2 is 1.89 bits per heavy atom. The number of hydrogen-bond donors (Lipinski definition) is 1. The smallest absolute Gasteiger partial charge is 0.0450 e. The number of benzene rings is 1. The molecule has 0 bridgehead atoms. The van der Waals surface area contributed by atoms with Crippen LogP contribution in [0, 0.1) is 5.41 Å². The monoisotopic (exact) mass is 260 g/mol. The van der Waals surface area contributed by atoms with Crippen molar-refractivity contribution in [3.8, 4) is 0 Å². The van der Waals surface area contributed by atoms with Gasteiger partial charge in [-0.25, -0.2) is 0 Å². The van der Waals surface area contributed by atoms with E-state index in [1.165, 1.54) is 24.1 Å². The molecular formula is C17H28N2. The molecule has 0 saturated carbocycles. The van der Waals surface area contributed by atoms with Gasteiger partial charge in [0.25, 0.3) is 0 Å². The molecule has 0 aromatic heterocycles. The summed E-state index contributed by atoms with van der Waals surface area (Å²) in [6.07, 6.45) is 2.37. The van der Waals surface area contributed by atoms with Gasteiger partial charge in [0.15, 0.2) is 0 Å². The zero-order chi connectivity index (χ0) is 14.0. The van der Waals surface area contributed by atoms with E-state index in [2.05, 4.69) is 56.9 Å². The summed E-state index contributed by atoms with van der Waals surface area (Å²) in [5.74, 6) is 0. The van der Waals surface area contributed by atoms with Crippen molar-refractivity contribution in [1.82, 2.24) is 4.90 Å². The lowest BCUT2D eigenvalue weighted by atomic mass is 9.93. The minimum absolute atomic E-state index is 0.111. The van der Waals surface area contributed by atoms with Gasteiger partial charge < -0.3 is 5.73 Å². The van der Waals surface area contributed by atoms with Crippen molar-refractivity contribution in [1.29, 1.82) is 0 Å². The van der Waals surface area contributed by atoms with E-state index in [1.807, 2.05) is 0 Å². The minimum Gasteiger partial charge on any atom is -0.323 e. The summed E-state index contributed by atoms with van der Waals surface area (Å²) in [6.45, 7) is 11.5. The van der Waals surface area contributed by atoms with Crippen molar-refractivity contribution < 1.29 is 0 Å². The second-order valence-corrected chi connectivity index (χ2v) is 6.75. The summed E-state index contributed by atoms with van der Waals surface area (Å²) in [5.41, 5.74) is 9.54. The van der Waals surface area contributed by atoms with Crippen LogP contribution in [0.2, 0.25) is 0 Å². The van der Waals surface area contributed by atoms with Crippen molar-refractivity contribution in [3.63, 3.8) is 0 Å². The number of nitrogens with zero attached hydrogens (tertiary/aromatic N) is 1.